The van der Waals surface area contributed by atoms with Crippen LogP contribution >= 0.6 is 0 Å². The Hall–Kier alpha value is -2.20. The Morgan fingerprint density at radius 3 is 2.31 bits per heavy atom. The normalized spacial score (nSPS) is 21.2. The summed E-state index contributed by atoms with van der Waals surface area (Å²) in [6, 6.07) is 11.6. The number of benzene rings is 1. The van der Waals surface area contributed by atoms with E-state index in [-0.39, 0.29) is 5.75 Å². The number of piperazine rings is 1. The second kappa shape index (κ2) is 9.74. The van der Waals surface area contributed by atoms with Crippen molar-refractivity contribution < 1.29 is 27.8 Å². The molecule has 2 aliphatic rings. The quantitative estimate of drug-likeness (QED) is 0.727. The molecule has 4 rings (SSSR count). The van der Waals surface area contributed by atoms with Gasteiger partial charge in [-0.05, 0) is 42.7 Å². The summed E-state index contributed by atoms with van der Waals surface area (Å²) in [4.78, 5) is 9.03. The number of pyridine rings is 1. The van der Waals surface area contributed by atoms with Crippen LogP contribution < -0.4 is 4.74 Å². The highest BCUT2D eigenvalue weighted by Gasteiger charge is 2.46. The Morgan fingerprint density at radius 1 is 1.03 bits per heavy atom. The maximum absolute atomic E-state index is 12.3. The number of hydrogen-bond donors (Lipinski definition) is 1. The van der Waals surface area contributed by atoms with Gasteiger partial charge in [-0.2, -0.15) is 0 Å². The molecule has 9 heteroatoms. The van der Waals surface area contributed by atoms with Crippen molar-refractivity contribution in [3.8, 4) is 5.75 Å². The highest BCUT2D eigenvalue weighted by Crippen LogP contribution is 2.39. The lowest BCUT2D eigenvalue weighted by atomic mass is 9.80. The van der Waals surface area contributed by atoms with Gasteiger partial charge in [-0.25, -0.2) is 0 Å². The fourth-order valence-corrected chi connectivity index (χ4v) is 4.71. The summed E-state index contributed by atoms with van der Waals surface area (Å²) in [6.45, 7) is 5.06. The van der Waals surface area contributed by atoms with Gasteiger partial charge in [-0.15, -0.1) is 13.2 Å². The van der Waals surface area contributed by atoms with Crippen molar-refractivity contribution >= 4 is 0 Å². The van der Waals surface area contributed by atoms with Gasteiger partial charge in [0.05, 0.1) is 11.2 Å². The molecule has 0 spiro atoms. The summed E-state index contributed by atoms with van der Waals surface area (Å²) in [5.74, 6) is -0.212. The molecular weight excluding hydrogens is 423 g/mol. The van der Waals surface area contributed by atoms with Crippen molar-refractivity contribution in [1.82, 2.24) is 14.8 Å². The fourth-order valence-electron chi connectivity index (χ4n) is 4.71. The molecule has 0 amide bonds. The van der Waals surface area contributed by atoms with E-state index < -0.39 is 18.0 Å². The third kappa shape index (κ3) is 5.40. The van der Waals surface area contributed by atoms with E-state index in [1.165, 1.54) is 12.1 Å². The number of aliphatic hydroxyl groups excluding tert-OH is 1. The molecule has 6 nitrogen and oxygen atoms in total. The molecule has 1 N–H and O–H groups in total. The van der Waals surface area contributed by atoms with E-state index in [0.717, 1.165) is 44.6 Å². The number of nitrogens with zero attached hydrogens (tertiary/aromatic N) is 3. The predicted molar refractivity (Wildman–Crippen MR) is 112 cm³/mol. The molecule has 2 fully saturated rings. The SMILES string of the molecule is OC(c1ccccn1)C1(N2CCN(Cc3ccc(OC(F)(F)F)cc3)CC2)CCOCC1. The summed E-state index contributed by atoms with van der Waals surface area (Å²) in [6.07, 6.45) is -2.19. The van der Waals surface area contributed by atoms with Gasteiger partial charge in [0, 0.05) is 52.1 Å². The van der Waals surface area contributed by atoms with Crippen molar-refractivity contribution in [2.45, 2.75) is 37.4 Å². The predicted octanol–water partition coefficient (Wildman–Crippen LogP) is 3.38. The molecule has 2 aliphatic heterocycles. The van der Waals surface area contributed by atoms with Crippen LogP contribution in [0.1, 0.15) is 30.2 Å². The van der Waals surface area contributed by atoms with Crippen LogP contribution in [0.2, 0.25) is 0 Å². The van der Waals surface area contributed by atoms with E-state index in [2.05, 4.69) is 19.5 Å². The summed E-state index contributed by atoms with van der Waals surface area (Å²) >= 11 is 0. The van der Waals surface area contributed by atoms with Crippen LogP contribution in [0.25, 0.3) is 0 Å². The minimum Gasteiger partial charge on any atom is -0.406 e. The lowest BCUT2D eigenvalue weighted by molar-refractivity contribution is -0.274. The molecule has 174 valence electrons. The molecule has 1 aromatic heterocycles. The first-order chi connectivity index (χ1) is 15.4. The summed E-state index contributed by atoms with van der Waals surface area (Å²) < 4.78 is 46.5. The third-order valence-electron chi connectivity index (χ3n) is 6.40. The zero-order valence-corrected chi connectivity index (χ0v) is 17.8. The summed E-state index contributed by atoms with van der Waals surface area (Å²) in [5.41, 5.74) is 1.20. The van der Waals surface area contributed by atoms with Gasteiger partial charge in [0.15, 0.2) is 0 Å². The fraction of sp³-hybridized carbons (Fsp3) is 0.522. The molecule has 1 atom stereocenters. The zero-order chi connectivity index (χ0) is 22.6. The Morgan fingerprint density at radius 2 is 1.72 bits per heavy atom. The van der Waals surface area contributed by atoms with Crippen molar-refractivity contribution in [3.63, 3.8) is 0 Å². The molecule has 3 heterocycles. The number of hydrogen-bond acceptors (Lipinski definition) is 6. The van der Waals surface area contributed by atoms with E-state index in [1.807, 2.05) is 18.2 Å². The lowest BCUT2D eigenvalue weighted by Crippen LogP contribution is -2.61. The number of aromatic nitrogens is 1. The average Bonchev–Trinajstić information content (AvgIpc) is 2.80. The topological polar surface area (TPSA) is 58.1 Å². The number of alkyl halides is 3. The first-order valence-corrected chi connectivity index (χ1v) is 10.8. The first-order valence-electron chi connectivity index (χ1n) is 10.8. The van der Waals surface area contributed by atoms with Crippen molar-refractivity contribution in [2.24, 2.45) is 0 Å². The van der Waals surface area contributed by atoms with Crippen LogP contribution in [-0.2, 0) is 11.3 Å². The van der Waals surface area contributed by atoms with E-state index in [9.17, 15) is 18.3 Å². The average molecular weight is 451 g/mol. The monoisotopic (exact) mass is 451 g/mol. The van der Waals surface area contributed by atoms with Crippen LogP contribution in [0, 0.1) is 0 Å². The van der Waals surface area contributed by atoms with E-state index >= 15 is 0 Å². The Labute approximate surface area is 185 Å². The Kier molecular flexibility index (Phi) is 6.99. The summed E-state index contributed by atoms with van der Waals surface area (Å²) in [5, 5.41) is 11.3. The van der Waals surface area contributed by atoms with Gasteiger partial charge < -0.3 is 14.6 Å². The minimum atomic E-state index is -4.68. The van der Waals surface area contributed by atoms with Crippen LogP contribution in [0.3, 0.4) is 0 Å². The number of ether oxygens (including phenoxy) is 2. The molecule has 0 saturated carbocycles. The Balaban J connectivity index is 1.38. The van der Waals surface area contributed by atoms with Gasteiger partial charge in [0.25, 0.3) is 0 Å². The Bertz CT molecular complexity index is 850. The maximum Gasteiger partial charge on any atom is 0.573 e. The highest BCUT2D eigenvalue weighted by atomic mass is 19.4. The standard InChI is InChI=1S/C23H28F3N3O3/c24-23(25,26)32-19-6-4-18(5-7-19)17-28-11-13-29(14-12-28)22(8-15-31-16-9-22)21(30)20-3-1-2-10-27-20/h1-7,10,21,30H,8-9,11-17H2. The smallest absolute Gasteiger partial charge is 0.406 e. The van der Waals surface area contributed by atoms with Crippen molar-refractivity contribution in [2.75, 3.05) is 39.4 Å². The first kappa shape index (κ1) is 23.0. The number of aliphatic hydroxyl groups is 1. The van der Waals surface area contributed by atoms with Crippen molar-refractivity contribution in [1.29, 1.82) is 0 Å². The van der Waals surface area contributed by atoms with E-state index in [4.69, 9.17) is 4.74 Å². The van der Waals surface area contributed by atoms with Gasteiger partial charge in [-0.1, -0.05) is 18.2 Å². The molecule has 2 saturated heterocycles. The minimum absolute atomic E-state index is 0.212. The second-order valence-electron chi connectivity index (χ2n) is 8.33. The largest absolute Gasteiger partial charge is 0.573 e. The van der Waals surface area contributed by atoms with Crippen LogP contribution in [0.4, 0.5) is 13.2 Å². The van der Waals surface area contributed by atoms with Crippen molar-refractivity contribution in [3.05, 3.63) is 59.9 Å². The molecular formula is C23H28F3N3O3. The number of rotatable bonds is 6. The molecule has 32 heavy (non-hydrogen) atoms. The van der Waals surface area contributed by atoms with E-state index in [0.29, 0.717) is 25.5 Å². The third-order valence-corrected chi connectivity index (χ3v) is 6.40. The van der Waals surface area contributed by atoms with Gasteiger partial charge in [-0.3, -0.25) is 14.8 Å². The molecule has 0 radical (unpaired) electrons. The molecule has 2 aromatic rings. The van der Waals surface area contributed by atoms with E-state index in [1.54, 1.807) is 18.3 Å². The lowest BCUT2D eigenvalue weighted by Gasteiger charge is -2.51. The second-order valence-corrected chi connectivity index (χ2v) is 8.33. The molecule has 0 bridgehead atoms. The van der Waals surface area contributed by atoms with Gasteiger partial charge >= 0.3 is 6.36 Å². The molecule has 1 unspecified atom stereocenters. The number of halogens is 3. The highest BCUT2D eigenvalue weighted by molar-refractivity contribution is 5.27. The molecule has 1 aromatic carbocycles. The molecule has 0 aliphatic carbocycles. The maximum atomic E-state index is 12.3. The van der Waals surface area contributed by atoms with Gasteiger partial charge in [0.1, 0.15) is 11.9 Å². The zero-order valence-electron chi connectivity index (χ0n) is 17.8. The van der Waals surface area contributed by atoms with Crippen LogP contribution in [-0.4, -0.2) is 71.2 Å². The summed E-state index contributed by atoms with van der Waals surface area (Å²) in [7, 11) is 0. The van der Waals surface area contributed by atoms with Gasteiger partial charge in [0.2, 0.25) is 0 Å². The van der Waals surface area contributed by atoms with Crippen LogP contribution in [0.15, 0.2) is 48.7 Å². The van der Waals surface area contributed by atoms with Crippen LogP contribution in [0.5, 0.6) is 5.75 Å².